The van der Waals surface area contributed by atoms with Crippen molar-refractivity contribution < 1.29 is 14.7 Å². The average molecular weight is 312 g/mol. The van der Waals surface area contributed by atoms with Gasteiger partial charge < -0.3 is 9.90 Å². The van der Waals surface area contributed by atoms with E-state index in [1.807, 2.05) is 42.5 Å². The summed E-state index contributed by atoms with van der Waals surface area (Å²) >= 11 is 0. The van der Waals surface area contributed by atoms with Crippen molar-refractivity contribution >= 4 is 12.1 Å². The second-order valence-electron chi connectivity index (χ2n) is 5.31. The van der Waals surface area contributed by atoms with Gasteiger partial charge in [0, 0.05) is 5.92 Å². The molecular weight excluding hydrogens is 288 g/mol. The maximum atomic E-state index is 11.0. The van der Waals surface area contributed by atoms with Gasteiger partial charge in [0.05, 0.1) is 6.42 Å². The lowest BCUT2D eigenvalue weighted by Crippen LogP contribution is -2.10. The number of phenolic OH excluding ortho intramolecular Hbond substituents is 1. The number of aromatic hydroxyl groups is 1. The number of phenols is 1. The molecule has 0 heterocycles. The van der Waals surface area contributed by atoms with E-state index in [1.165, 1.54) is 0 Å². The Bertz CT molecular complexity index is 505. The molecule has 0 amide bonds. The number of Topliss-reactive ketones (excluding diaryl/α,β-unsaturated/α-hetero) is 1. The van der Waals surface area contributed by atoms with E-state index < -0.39 is 0 Å². The molecule has 0 saturated heterocycles. The minimum absolute atomic E-state index is 0.130. The summed E-state index contributed by atoms with van der Waals surface area (Å²) in [6.07, 6.45) is 5.18. The van der Waals surface area contributed by atoms with Crippen molar-refractivity contribution in [1.82, 2.24) is 0 Å². The summed E-state index contributed by atoms with van der Waals surface area (Å²) in [7, 11) is 0. The molecule has 3 rings (SSSR count). The molecular formula is C20H24O3. The van der Waals surface area contributed by atoms with E-state index in [4.69, 9.17) is 5.11 Å². The first-order chi connectivity index (χ1) is 11.2. The molecule has 3 heteroatoms. The van der Waals surface area contributed by atoms with Crippen LogP contribution >= 0.6 is 0 Å². The molecule has 0 spiro atoms. The Labute approximate surface area is 138 Å². The van der Waals surface area contributed by atoms with Gasteiger partial charge >= 0.3 is 0 Å². The van der Waals surface area contributed by atoms with Crippen LogP contribution in [-0.2, 0) is 9.59 Å². The van der Waals surface area contributed by atoms with Crippen LogP contribution in [0.15, 0.2) is 66.7 Å². The van der Waals surface area contributed by atoms with Crippen LogP contribution in [0, 0.1) is 5.92 Å². The van der Waals surface area contributed by atoms with Gasteiger partial charge in [-0.1, -0.05) is 67.4 Å². The molecule has 2 aromatic carbocycles. The first kappa shape index (κ1) is 18.6. The van der Waals surface area contributed by atoms with E-state index in [0.717, 1.165) is 25.7 Å². The van der Waals surface area contributed by atoms with Crippen LogP contribution in [0.5, 0.6) is 5.75 Å². The number of hydrogen-bond donors (Lipinski definition) is 1. The Hall–Kier alpha value is -2.42. The Morgan fingerprint density at radius 2 is 1.35 bits per heavy atom. The quantitative estimate of drug-likeness (QED) is 0.674. The predicted octanol–water partition coefficient (Wildman–Crippen LogP) is 4.41. The number of benzene rings is 2. The minimum Gasteiger partial charge on any atom is -0.508 e. The van der Waals surface area contributed by atoms with Crippen LogP contribution in [0.2, 0.25) is 0 Å². The maximum absolute atomic E-state index is 11.0. The van der Waals surface area contributed by atoms with Crippen LogP contribution in [0.1, 0.15) is 32.1 Å². The zero-order valence-electron chi connectivity index (χ0n) is 13.3. The lowest BCUT2D eigenvalue weighted by atomic mass is 10.0. The van der Waals surface area contributed by atoms with Gasteiger partial charge in [0.25, 0.3) is 0 Å². The number of para-hydroxylation sites is 1. The fourth-order valence-electron chi connectivity index (χ4n) is 2.31. The van der Waals surface area contributed by atoms with Gasteiger partial charge in [-0.15, -0.1) is 0 Å². The monoisotopic (exact) mass is 312 g/mol. The normalized spacial score (nSPS) is 13.0. The van der Waals surface area contributed by atoms with E-state index in [2.05, 4.69) is 0 Å². The predicted molar refractivity (Wildman–Crippen MR) is 92.2 cm³/mol. The highest BCUT2D eigenvalue weighted by atomic mass is 16.3. The molecule has 1 N–H and O–H groups in total. The molecule has 0 aliphatic heterocycles. The summed E-state index contributed by atoms with van der Waals surface area (Å²) in [6.45, 7) is 0. The third kappa shape index (κ3) is 9.25. The standard InChI is InChI=1S/C8H12O2.C6H6O.C6H6/c9-6-5-8(10)7-3-1-2-4-7;7-6-4-2-1-3-5-6;1-2-4-6-5-3-1/h6-7H,1-5H2;1-5,7H;1-6H. The molecule has 3 nitrogen and oxygen atoms in total. The summed E-state index contributed by atoms with van der Waals surface area (Å²) in [5.41, 5.74) is 0. The number of ketones is 1. The molecule has 2 aromatic rings. The molecule has 0 aromatic heterocycles. The summed E-state index contributed by atoms with van der Waals surface area (Å²) in [5.74, 6) is 0.681. The zero-order chi connectivity index (χ0) is 16.8. The largest absolute Gasteiger partial charge is 0.508 e. The van der Waals surface area contributed by atoms with Crippen LogP contribution in [-0.4, -0.2) is 17.2 Å². The Morgan fingerprint density at radius 3 is 1.70 bits per heavy atom. The lowest BCUT2D eigenvalue weighted by Gasteiger charge is -2.02. The fraction of sp³-hybridized carbons (Fsp3) is 0.300. The van der Waals surface area contributed by atoms with E-state index in [0.29, 0.717) is 12.0 Å². The number of carbonyl (C=O) groups excluding carboxylic acids is 2. The van der Waals surface area contributed by atoms with Crippen molar-refractivity contribution in [3.8, 4) is 5.75 Å². The number of aldehydes is 1. The number of rotatable bonds is 3. The molecule has 1 saturated carbocycles. The second kappa shape index (κ2) is 12.2. The molecule has 23 heavy (non-hydrogen) atoms. The highest BCUT2D eigenvalue weighted by Crippen LogP contribution is 2.25. The fourth-order valence-corrected chi connectivity index (χ4v) is 2.31. The molecule has 1 fully saturated rings. The summed E-state index contributed by atoms with van der Waals surface area (Å²) in [4.78, 5) is 21.0. The first-order valence-corrected chi connectivity index (χ1v) is 7.94. The molecule has 0 radical (unpaired) electrons. The molecule has 1 aliphatic carbocycles. The molecule has 0 atom stereocenters. The zero-order valence-corrected chi connectivity index (χ0v) is 13.3. The highest BCUT2D eigenvalue weighted by Gasteiger charge is 2.21. The van der Waals surface area contributed by atoms with E-state index in [1.54, 1.807) is 24.3 Å². The Morgan fingerprint density at radius 1 is 0.913 bits per heavy atom. The molecule has 1 aliphatic rings. The van der Waals surface area contributed by atoms with Crippen LogP contribution in [0.4, 0.5) is 0 Å². The van der Waals surface area contributed by atoms with Crippen molar-refractivity contribution in [3.05, 3.63) is 66.7 Å². The number of hydrogen-bond acceptors (Lipinski definition) is 3. The minimum atomic E-state index is 0.130. The third-order valence-corrected chi connectivity index (χ3v) is 3.52. The summed E-state index contributed by atoms with van der Waals surface area (Å²) < 4.78 is 0. The van der Waals surface area contributed by atoms with Gasteiger partial charge in [-0.25, -0.2) is 0 Å². The maximum Gasteiger partial charge on any atom is 0.143 e. The molecule has 0 unspecified atom stereocenters. The van der Waals surface area contributed by atoms with Gasteiger partial charge in [0.1, 0.15) is 17.8 Å². The second-order valence-corrected chi connectivity index (χ2v) is 5.31. The van der Waals surface area contributed by atoms with Crippen molar-refractivity contribution in [3.63, 3.8) is 0 Å². The first-order valence-electron chi connectivity index (χ1n) is 7.94. The van der Waals surface area contributed by atoms with Crippen molar-refractivity contribution in [2.75, 3.05) is 0 Å². The molecule has 122 valence electrons. The van der Waals surface area contributed by atoms with Crippen molar-refractivity contribution in [2.45, 2.75) is 32.1 Å². The van der Waals surface area contributed by atoms with Gasteiger partial charge in [0.15, 0.2) is 0 Å². The van der Waals surface area contributed by atoms with Gasteiger partial charge in [-0.2, -0.15) is 0 Å². The van der Waals surface area contributed by atoms with Crippen molar-refractivity contribution in [1.29, 1.82) is 0 Å². The topological polar surface area (TPSA) is 54.4 Å². The smallest absolute Gasteiger partial charge is 0.143 e. The van der Waals surface area contributed by atoms with E-state index in [9.17, 15) is 9.59 Å². The van der Waals surface area contributed by atoms with Crippen LogP contribution in [0.25, 0.3) is 0 Å². The SMILES string of the molecule is O=CCC(=O)C1CCCC1.Oc1ccccc1.c1ccccc1. The molecule has 0 bridgehead atoms. The Balaban J connectivity index is 0.000000179. The highest BCUT2D eigenvalue weighted by molar-refractivity contribution is 5.91. The van der Waals surface area contributed by atoms with Crippen LogP contribution in [0.3, 0.4) is 0 Å². The van der Waals surface area contributed by atoms with Gasteiger partial charge in [-0.3, -0.25) is 4.79 Å². The third-order valence-electron chi connectivity index (χ3n) is 3.52. The van der Waals surface area contributed by atoms with Gasteiger partial charge in [-0.05, 0) is 25.0 Å². The average Bonchev–Trinajstić information content (AvgIpc) is 3.13. The van der Waals surface area contributed by atoms with Gasteiger partial charge in [0.2, 0.25) is 0 Å². The van der Waals surface area contributed by atoms with E-state index in [-0.39, 0.29) is 18.1 Å². The lowest BCUT2D eigenvalue weighted by molar-refractivity contribution is -0.125. The number of carbonyl (C=O) groups is 2. The van der Waals surface area contributed by atoms with Crippen LogP contribution < -0.4 is 0 Å². The summed E-state index contributed by atoms with van der Waals surface area (Å²) in [5, 5.41) is 8.63. The van der Waals surface area contributed by atoms with Crippen molar-refractivity contribution in [2.24, 2.45) is 5.92 Å². The van der Waals surface area contributed by atoms with E-state index >= 15 is 0 Å². The summed E-state index contributed by atoms with van der Waals surface area (Å²) in [6, 6.07) is 20.7. The Kier molecular flexibility index (Phi) is 9.85.